The molecule has 1 unspecified atom stereocenters. The van der Waals surface area contributed by atoms with Gasteiger partial charge in [-0.05, 0) is 32.2 Å². The summed E-state index contributed by atoms with van der Waals surface area (Å²) < 4.78 is 1.94. The number of rotatable bonds is 3. The van der Waals surface area contributed by atoms with E-state index in [9.17, 15) is 0 Å². The number of aromatic nitrogens is 2. The highest BCUT2D eigenvalue weighted by Gasteiger charge is 2.24. The van der Waals surface area contributed by atoms with Gasteiger partial charge in [0.2, 0.25) is 0 Å². The summed E-state index contributed by atoms with van der Waals surface area (Å²) >= 11 is 6.41. The standard InChI is InChI=1S/C12H20ClN3/c1-8(2)7-16-12(13)11(9(3)15-16)10-5-4-6-14-10/h8,10,14H,4-7H2,1-3H3. The first-order valence-corrected chi connectivity index (χ1v) is 6.43. The minimum absolute atomic E-state index is 0.411. The van der Waals surface area contributed by atoms with Gasteiger partial charge in [0.05, 0.1) is 5.69 Å². The quantitative estimate of drug-likeness (QED) is 0.882. The summed E-state index contributed by atoms with van der Waals surface area (Å²) in [4.78, 5) is 0. The second-order valence-electron chi connectivity index (χ2n) is 5.01. The number of nitrogens with one attached hydrogen (secondary N) is 1. The lowest BCUT2D eigenvalue weighted by atomic mass is 10.1. The van der Waals surface area contributed by atoms with Gasteiger partial charge in [0, 0.05) is 18.2 Å². The Bertz CT molecular complexity index is 365. The number of nitrogens with zero attached hydrogens (tertiary/aromatic N) is 2. The van der Waals surface area contributed by atoms with Crippen molar-refractivity contribution in [3.05, 3.63) is 16.4 Å². The van der Waals surface area contributed by atoms with Crippen LogP contribution in [0.5, 0.6) is 0 Å². The Morgan fingerprint density at radius 3 is 2.88 bits per heavy atom. The predicted octanol–water partition coefficient (Wildman–Crippen LogP) is 2.93. The van der Waals surface area contributed by atoms with E-state index < -0.39 is 0 Å². The van der Waals surface area contributed by atoms with Crippen LogP contribution >= 0.6 is 11.6 Å². The molecule has 1 atom stereocenters. The summed E-state index contributed by atoms with van der Waals surface area (Å²) in [5.74, 6) is 0.571. The zero-order valence-electron chi connectivity index (χ0n) is 10.3. The maximum absolute atomic E-state index is 6.41. The summed E-state index contributed by atoms with van der Waals surface area (Å²) in [5.41, 5.74) is 2.28. The molecule has 1 aliphatic heterocycles. The monoisotopic (exact) mass is 241 g/mol. The first kappa shape index (κ1) is 11.9. The van der Waals surface area contributed by atoms with Crippen molar-refractivity contribution in [2.45, 2.75) is 46.2 Å². The molecule has 3 nitrogen and oxygen atoms in total. The second kappa shape index (κ2) is 4.76. The highest BCUT2D eigenvalue weighted by Crippen LogP contribution is 2.31. The molecule has 2 rings (SSSR count). The fourth-order valence-corrected chi connectivity index (χ4v) is 2.74. The van der Waals surface area contributed by atoms with Gasteiger partial charge in [-0.3, -0.25) is 4.68 Å². The largest absolute Gasteiger partial charge is 0.310 e. The van der Waals surface area contributed by atoms with Crippen molar-refractivity contribution in [3.8, 4) is 0 Å². The van der Waals surface area contributed by atoms with E-state index in [0.29, 0.717) is 12.0 Å². The summed E-state index contributed by atoms with van der Waals surface area (Å²) in [6.07, 6.45) is 2.41. The molecule has 2 heterocycles. The molecule has 0 radical (unpaired) electrons. The van der Waals surface area contributed by atoms with Crippen LogP contribution in [0, 0.1) is 12.8 Å². The summed E-state index contributed by atoms with van der Waals surface area (Å²) in [7, 11) is 0. The Kier molecular flexibility index (Phi) is 3.55. The molecule has 4 heteroatoms. The molecule has 0 amide bonds. The molecular weight excluding hydrogens is 222 g/mol. The van der Waals surface area contributed by atoms with Crippen LogP contribution in [-0.4, -0.2) is 16.3 Å². The molecule has 0 aromatic carbocycles. The van der Waals surface area contributed by atoms with Crippen LogP contribution in [0.2, 0.25) is 5.15 Å². The Labute approximate surface area is 102 Å². The lowest BCUT2D eigenvalue weighted by molar-refractivity contribution is 0.481. The third kappa shape index (κ3) is 2.25. The van der Waals surface area contributed by atoms with E-state index in [1.54, 1.807) is 0 Å². The second-order valence-corrected chi connectivity index (χ2v) is 5.37. The maximum Gasteiger partial charge on any atom is 0.132 e. The van der Waals surface area contributed by atoms with Gasteiger partial charge in [0.15, 0.2) is 0 Å². The highest BCUT2D eigenvalue weighted by atomic mass is 35.5. The van der Waals surface area contributed by atoms with Crippen LogP contribution < -0.4 is 5.32 Å². The lowest BCUT2D eigenvalue weighted by Gasteiger charge is -2.10. The van der Waals surface area contributed by atoms with E-state index in [4.69, 9.17) is 11.6 Å². The molecule has 1 saturated heterocycles. The van der Waals surface area contributed by atoms with Gasteiger partial charge in [-0.25, -0.2) is 0 Å². The van der Waals surface area contributed by atoms with Gasteiger partial charge in [0.1, 0.15) is 5.15 Å². The van der Waals surface area contributed by atoms with Gasteiger partial charge in [-0.2, -0.15) is 5.10 Å². The number of hydrogen-bond acceptors (Lipinski definition) is 2. The zero-order valence-corrected chi connectivity index (χ0v) is 11.0. The van der Waals surface area contributed by atoms with Crippen LogP contribution in [-0.2, 0) is 6.54 Å². The van der Waals surface area contributed by atoms with Crippen molar-refractivity contribution < 1.29 is 0 Å². The fourth-order valence-electron chi connectivity index (χ4n) is 2.36. The van der Waals surface area contributed by atoms with Crippen LogP contribution in [0.4, 0.5) is 0 Å². The predicted molar refractivity (Wildman–Crippen MR) is 66.8 cm³/mol. The normalized spacial score (nSPS) is 20.9. The van der Waals surface area contributed by atoms with Crippen molar-refractivity contribution in [1.29, 1.82) is 0 Å². The van der Waals surface area contributed by atoms with Crippen molar-refractivity contribution in [1.82, 2.24) is 15.1 Å². The molecular formula is C12H20ClN3. The van der Waals surface area contributed by atoms with Crippen LogP contribution in [0.15, 0.2) is 0 Å². The molecule has 0 saturated carbocycles. The van der Waals surface area contributed by atoms with Crippen LogP contribution in [0.1, 0.15) is 44.0 Å². The maximum atomic E-state index is 6.41. The van der Waals surface area contributed by atoms with Gasteiger partial charge in [-0.15, -0.1) is 0 Å². The number of hydrogen-bond donors (Lipinski definition) is 1. The first-order valence-electron chi connectivity index (χ1n) is 6.05. The Balaban J connectivity index is 2.27. The molecule has 1 aromatic heterocycles. The Hall–Kier alpha value is -0.540. The lowest BCUT2D eigenvalue weighted by Crippen LogP contribution is -2.14. The van der Waals surface area contributed by atoms with Crippen LogP contribution in [0.25, 0.3) is 0 Å². The molecule has 1 N–H and O–H groups in total. The van der Waals surface area contributed by atoms with Gasteiger partial charge >= 0.3 is 0 Å². The van der Waals surface area contributed by atoms with Gasteiger partial charge in [-0.1, -0.05) is 25.4 Å². The topological polar surface area (TPSA) is 29.9 Å². The Morgan fingerprint density at radius 1 is 1.56 bits per heavy atom. The van der Waals surface area contributed by atoms with Crippen molar-refractivity contribution in [2.75, 3.05) is 6.54 Å². The molecule has 0 spiro atoms. The third-order valence-electron chi connectivity index (χ3n) is 3.06. The minimum atomic E-state index is 0.411. The number of halogens is 1. The third-order valence-corrected chi connectivity index (χ3v) is 3.45. The summed E-state index contributed by atoms with van der Waals surface area (Å²) in [6, 6.07) is 0.411. The van der Waals surface area contributed by atoms with E-state index in [-0.39, 0.29) is 0 Å². The van der Waals surface area contributed by atoms with E-state index in [0.717, 1.165) is 23.9 Å². The van der Waals surface area contributed by atoms with E-state index in [1.165, 1.54) is 18.4 Å². The molecule has 90 valence electrons. The molecule has 1 fully saturated rings. The molecule has 0 bridgehead atoms. The van der Waals surface area contributed by atoms with Crippen molar-refractivity contribution in [2.24, 2.45) is 5.92 Å². The fraction of sp³-hybridized carbons (Fsp3) is 0.750. The highest BCUT2D eigenvalue weighted by molar-refractivity contribution is 6.30. The van der Waals surface area contributed by atoms with Crippen molar-refractivity contribution >= 4 is 11.6 Å². The average molecular weight is 242 g/mol. The summed E-state index contributed by atoms with van der Waals surface area (Å²) in [6.45, 7) is 8.40. The molecule has 0 aliphatic carbocycles. The first-order chi connectivity index (χ1) is 7.59. The smallest absolute Gasteiger partial charge is 0.132 e. The van der Waals surface area contributed by atoms with E-state index in [1.807, 2.05) is 4.68 Å². The average Bonchev–Trinajstić information content (AvgIpc) is 2.76. The van der Waals surface area contributed by atoms with E-state index in [2.05, 4.69) is 31.2 Å². The van der Waals surface area contributed by atoms with Crippen molar-refractivity contribution in [3.63, 3.8) is 0 Å². The van der Waals surface area contributed by atoms with Gasteiger partial charge in [0.25, 0.3) is 0 Å². The van der Waals surface area contributed by atoms with E-state index >= 15 is 0 Å². The zero-order chi connectivity index (χ0) is 11.7. The SMILES string of the molecule is Cc1nn(CC(C)C)c(Cl)c1C1CCCN1. The minimum Gasteiger partial charge on any atom is -0.310 e. The van der Waals surface area contributed by atoms with Gasteiger partial charge < -0.3 is 5.32 Å². The van der Waals surface area contributed by atoms with Crippen LogP contribution in [0.3, 0.4) is 0 Å². The molecule has 16 heavy (non-hydrogen) atoms. The Morgan fingerprint density at radius 2 is 2.31 bits per heavy atom. The molecule has 1 aliphatic rings. The molecule has 1 aromatic rings. The summed E-state index contributed by atoms with van der Waals surface area (Å²) in [5, 5.41) is 8.85. The number of aryl methyl sites for hydroxylation is 1.